The molecule has 28 heavy (non-hydrogen) atoms. The van der Waals surface area contributed by atoms with E-state index in [1.807, 2.05) is 19.1 Å². The van der Waals surface area contributed by atoms with Gasteiger partial charge in [0.05, 0.1) is 23.6 Å². The maximum Gasteiger partial charge on any atom is 0.515 e. The van der Waals surface area contributed by atoms with Gasteiger partial charge >= 0.3 is 12.3 Å². The molecule has 3 aromatic rings. The van der Waals surface area contributed by atoms with Gasteiger partial charge in [-0.25, -0.2) is 9.48 Å². The lowest BCUT2D eigenvalue weighted by molar-refractivity contribution is -0.137. The van der Waals surface area contributed by atoms with Gasteiger partial charge in [0.25, 0.3) is 0 Å². The van der Waals surface area contributed by atoms with Crippen molar-refractivity contribution < 1.29 is 27.4 Å². The summed E-state index contributed by atoms with van der Waals surface area (Å²) in [5.74, 6) is -0.0774. The zero-order chi connectivity index (χ0) is 20.3. The molecule has 5 nitrogen and oxygen atoms in total. The van der Waals surface area contributed by atoms with E-state index in [0.717, 1.165) is 17.7 Å². The zero-order valence-electron chi connectivity index (χ0n) is 15.2. The van der Waals surface area contributed by atoms with E-state index in [1.54, 1.807) is 19.1 Å². The molecule has 0 N–H and O–H groups in total. The van der Waals surface area contributed by atoms with Crippen LogP contribution in [-0.2, 0) is 10.9 Å². The van der Waals surface area contributed by atoms with Gasteiger partial charge in [0, 0.05) is 11.6 Å². The summed E-state index contributed by atoms with van der Waals surface area (Å²) in [6.07, 6.45) is -5.42. The Bertz CT molecular complexity index is 979. The molecule has 0 amide bonds. The van der Waals surface area contributed by atoms with Crippen molar-refractivity contribution in [3.05, 3.63) is 65.7 Å². The molecule has 0 saturated heterocycles. The second-order valence-electron chi connectivity index (χ2n) is 5.98. The van der Waals surface area contributed by atoms with E-state index in [0.29, 0.717) is 11.4 Å². The number of nitrogens with zero attached hydrogens (tertiary/aromatic N) is 2. The molecule has 0 unspecified atom stereocenters. The number of rotatable bonds is 4. The van der Waals surface area contributed by atoms with E-state index in [9.17, 15) is 18.0 Å². The summed E-state index contributed by atoms with van der Waals surface area (Å²) in [7, 11) is 0. The maximum absolute atomic E-state index is 13.1. The molecule has 0 bridgehead atoms. The Morgan fingerprint density at radius 3 is 2.46 bits per heavy atom. The minimum absolute atomic E-state index is 0.0774. The van der Waals surface area contributed by atoms with Crippen molar-refractivity contribution >= 4 is 6.16 Å². The lowest BCUT2D eigenvalue weighted by atomic mass is 10.1. The van der Waals surface area contributed by atoms with Gasteiger partial charge in [0.15, 0.2) is 0 Å². The Kier molecular flexibility index (Phi) is 5.39. The second kappa shape index (κ2) is 7.75. The fourth-order valence-corrected chi connectivity index (χ4v) is 2.59. The first-order chi connectivity index (χ1) is 13.3. The summed E-state index contributed by atoms with van der Waals surface area (Å²) >= 11 is 0. The van der Waals surface area contributed by atoms with Gasteiger partial charge in [-0.1, -0.05) is 29.8 Å². The quantitative estimate of drug-likeness (QED) is 0.560. The number of aromatic nitrogens is 2. The molecule has 2 aromatic carbocycles. The van der Waals surface area contributed by atoms with Crippen LogP contribution in [0.3, 0.4) is 0 Å². The standard InChI is InChI=1S/C20H17F3N2O3/c1-3-27-19(26)28-18-12-17(14-5-4-6-15(11-14)20(21,22)23)25(24-18)16-9-7-13(2)8-10-16/h4-12H,3H2,1-2H3. The fourth-order valence-electron chi connectivity index (χ4n) is 2.59. The molecular formula is C20H17F3N2O3. The molecule has 0 aliphatic rings. The third kappa shape index (κ3) is 4.33. The first kappa shape index (κ1) is 19.5. The number of carbonyl (C=O) groups excluding carboxylic acids is 1. The second-order valence-corrected chi connectivity index (χ2v) is 5.98. The number of hydrogen-bond donors (Lipinski definition) is 0. The molecule has 1 aromatic heterocycles. The Hall–Kier alpha value is -3.29. The topological polar surface area (TPSA) is 53.4 Å². The molecule has 1 heterocycles. The summed E-state index contributed by atoms with van der Waals surface area (Å²) in [4.78, 5) is 11.6. The molecule has 0 aliphatic heterocycles. The number of halogens is 3. The Morgan fingerprint density at radius 1 is 1.11 bits per heavy atom. The molecule has 0 atom stereocenters. The van der Waals surface area contributed by atoms with Crippen LogP contribution in [0.15, 0.2) is 54.6 Å². The molecule has 146 valence electrons. The average molecular weight is 390 g/mol. The SMILES string of the molecule is CCOC(=O)Oc1cc(-c2cccc(C(F)(F)F)c2)n(-c2ccc(C)cc2)n1. The van der Waals surface area contributed by atoms with Crippen molar-refractivity contribution in [2.45, 2.75) is 20.0 Å². The van der Waals surface area contributed by atoms with Gasteiger partial charge in [0.2, 0.25) is 5.88 Å². The summed E-state index contributed by atoms with van der Waals surface area (Å²) in [6.45, 7) is 3.66. The van der Waals surface area contributed by atoms with Crippen LogP contribution in [-0.4, -0.2) is 22.5 Å². The third-order valence-corrected chi connectivity index (χ3v) is 3.90. The molecule has 0 aliphatic carbocycles. The lowest BCUT2D eigenvalue weighted by Gasteiger charge is -2.10. The molecule has 8 heteroatoms. The van der Waals surface area contributed by atoms with Crippen LogP contribution in [0.1, 0.15) is 18.1 Å². The Balaban J connectivity index is 2.09. The van der Waals surface area contributed by atoms with Gasteiger partial charge in [0.1, 0.15) is 0 Å². The Labute approximate surface area is 159 Å². The third-order valence-electron chi connectivity index (χ3n) is 3.90. The van der Waals surface area contributed by atoms with Crippen LogP contribution >= 0.6 is 0 Å². The average Bonchev–Trinajstić information content (AvgIpc) is 3.05. The van der Waals surface area contributed by atoms with Gasteiger partial charge in [-0.3, -0.25) is 0 Å². The molecule has 0 saturated carbocycles. The van der Waals surface area contributed by atoms with Crippen molar-refractivity contribution in [2.75, 3.05) is 6.61 Å². The maximum atomic E-state index is 13.1. The van der Waals surface area contributed by atoms with Crippen LogP contribution in [0.2, 0.25) is 0 Å². The predicted molar refractivity (Wildman–Crippen MR) is 96.4 cm³/mol. The monoisotopic (exact) mass is 390 g/mol. The van der Waals surface area contributed by atoms with Crippen molar-refractivity contribution in [3.8, 4) is 22.8 Å². The number of hydrogen-bond acceptors (Lipinski definition) is 4. The van der Waals surface area contributed by atoms with E-state index >= 15 is 0 Å². The lowest BCUT2D eigenvalue weighted by Crippen LogP contribution is -2.10. The Morgan fingerprint density at radius 2 is 1.82 bits per heavy atom. The molecule has 0 radical (unpaired) electrons. The summed E-state index contributed by atoms with van der Waals surface area (Å²) < 4.78 is 50.5. The van der Waals surface area contributed by atoms with E-state index in [-0.39, 0.29) is 18.1 Å². The number of ether oxygens (including phenoxy) is 2. The van der Waals surface area contributed by atoms with Crippen LogP contribution < -0.4 is 4.74 Å². The van der Waals surface area contributed by atoms with E-state index < -0.39 is 17.9 Å². The predicted octanol–water partition coefficient (Wildman–Crippen LogP) is 5.40. The first-order valence-corrected chi connectivity index (χ1v) is 8.47. The molecule has 0 fully saturated rings. The van der Waals surface area contributed by atoms with Crippen LogP contribution in [0, 0.1) is 6.92 Å². The fraction of sp³-hybridized carbons (Fsp3) is 0.200. The molecule has 0 spiro atoms. The highest BCUT2D eigenvalue weighted by molar-refractivity contribution is 5.67. The summed E-state index contributed by atoms with van der Waals surface area (Å²) in [6, 6.07) is 13.5. The van der Waals surface area contributed by atoms with Gasteiger partial charge < -0.3 is 9.47 Å². The van der Waals surface area contributed by atoms with Crippen LogP contribution in [0.4, 0.5) is 18.0 Å². The van der Waals surface area contributed by atoms with Crippen molar-refractivity contribution in [1.82, 2.24) is 9.78 Å². The van der Waals surface area contributed by atoms with E-state index in [1.165, 1.54) is 22.9 Å². The number of carbonyl (C=O) groups is 1. The van der Waals surface area contributed by atoms with Gasteiger partial charge in [-0.05, 0) is 38.1 Å². The van der Waals surface area contributed by atoms with E-state index in [2.05, 4.69) is 5.10 Å². The van der Waals surface area contributed by atoms with Crippen molar-refractivity contribution in [1.29, 1.82) is 0 Å². The van der Waals surface area contributed by atoms with Gasteiger partial charge in [-0.15, -0.1) is 5.10 Å². The highest BCUT2D eigenvalue weighted by Gasteiger charge is 2.31. The van der Waals surface area contributed by atoms with Crippen LogP contribution in [0.5, 0.6) is 5.88 Å². The highest BCUT2D eigenvalue weighted by Crippen LogP contribution is 2.34. The molecular weight excluding hydrogens is 373 g/mol. The number of aryl methyl sites for hydroxylation is 1. The first-order valence-electron chi connectivity index (χ1n) is 8.47. The minimum atomic E-state index is -4.48. The van der Waals surface area contributed by atoms with Gasteiger partial charge in [-0.2, -0.15) is 13.2 Å². The largest absolute Gasteiger partial charge is 0.515 e. The summed E-state index contributed by atoms with van der Waals surface area (Å²) in [5, 5.41) is 4.21. The highest BCUT2D eigenvalue weighted by atomic mass is 19.4. The minimum Gasteiger partial charge on any atom is -0.434 e. The van der Waals surface area contributed by atoms with Crippen molar-refractivity contribution in [3.63, 3.8) is 0 Å². The van der Waals surface area contributed by atoms with Crippen molar-refractivity contribution in [2.24, 2.45) is 0 Å². The normalized spacial score (nSPS) is 11.3. The zero-order valence-corrected chi connectivity index (χ0v) is 15.2. The van der Waals surface area contributed by atoms with E-state index in [4.69, 9.17) is 9.47 Å². The summed E-state index contributed by atoms with van der Waals surface area (Å²) in [5.41, 5.74) is 1.46. The number of alkyl halides is 3. The smallest absolute Gasteiger partial charge is 0.434 e. The van der Waals surface area contributed by atoms with Crippen LogP contribution in [0.25, 0.3) is 16.9 Å². The number of benzene rings is 2. The molecule has 3 rings (SSSR count).